The number of sulfonamides is 1. The molecular weight excluding hydrogens is 284 g/mol. The van der Waals surface area contributed by atoms with Gasteiger partial charge in [0.1, 0.15) is 0 Å². The summed E-state index contributed by atoms with van der Waals surface area (Å²) in [5.74, 6) is 0.405. The summed E-state index contributed by atoms with van der Waals surface area (Å²) in [4.78, 5) is 0.254. The third kappa shape index (κ3) is 3.11. The number of nitrogens with two attached hydrogens (primary N) is 1. The van der Waals surface area contributed by atoms with Crippen LogP contribution in [0.2, 0.25) is 5.02 Å². The number of hydrogen-bond acceptors (Lipinski definition) is 3. The molecule has 1 fully saturated rings. The van der Waals surface area contributed by atoms with Crippen LogP contribution < -0.4 is 5.73 Å². The van der Waals surface area contributed by atoms with E-state index < -0.39 is 10.0 Å². The second-order valence-corrected chi connectivity index (χ2v) is 7.41. The van der Waals surface area contributed by atoms with Crippen molar-refractivity contribution in [2.75, 3.05) is 13.1 Å². The molecule has 19 heavy (non-hydrogen) atoms. The van der Waals surface area contributed by atoms with Gasteiger partial charge in [-0.2, -0.15) is 4.31 Å². The Labute approximate surface area is 119 Å². The fraction of sp³-hybridized carbons (Fsp3) is 0.538. The highest BCUT2D eigenvalue weighted by Crippen LogP contribution is 2.26. The maximum absolute atomic E-state index is 12.5. The summed E-state index contributed by atoms with van der Waals surface area (Å²) < 4.78 is 26.6. The Kier molecular flexibility index (Phi) is 4.50. The molecule has 1 unspecified atom stereocenters. The molecule has 6 heteroatoms. The van der Waals surface area contributed by atoms with Gasteiger partial charge in [-0.3, -0.25) is 0 Å². The minimum atomic E-state index is -3.43. The summed E-state index contributed by atoms with van der Waals surface area (Å²) in [6.07, 6.45) is 1.99. The third-order valence-electron chi connectivity index (χ3n) is 3.50. The molecule has 1 aliphatic heterocycles. The van der Waals surface area contributed by atoms with E-state index in [1.54, 1.807) is 16.4 Å². The van der Waals surface area contributed by atoms with Gasteiger partial charge < -0.3 is 5.73 Å². The van der Waals surface area contributed by atoms with E-state index in [4.69, 9.17) is 17.3 Å². The fourth-order valence-electron chi connectivity index (χ4n) is 2.37. The standard InChI is InChI=1S/C13H19ClN2O2S/c1-10-3-2-6-16(9-10)19(17,18)12-5-4-11(8-15)13(14)7-12/h4-5,7,10H,2-3,6,8-9,15H2,1H3. The van der Waals surface area contributed by atoms with E-state index in [-0.39, 0.29) is 4.90 Å². The first-order valence-electron chi connectivity index (χ1n) is 6.44. The highest BCUT2D eigenvalue weighted by atomic mass is 35.5. The minimum Gasteiger partial charge on any atom is -0.326 e. The molecule has 0 aliphatic carbocycles. The molecule has 1 aliphatic rings. The van der Waals surface area contributed by atoms with E-state index in [9.17, 15) is 8.42 Å². The Morgan fingerprint density at radius 2 is 2.21 bits per heavy atom. The van der Waals surface area contributed by atoms with Crippen LogP contribution in [0.25, 0.3) is 0 Å². The first-order chi connectivity index (χ1) is 8.95. The Bertz CT molecular complexity index is 560. The summed E-state index contributed by atoms with van der Waals surface area (Å²) in [5, 5.41) is 0.411. The Morgan fingerprint density at radius 1 is 1.47 bits per heavy atom. The summed E-state index contributed by atoms with van der Waals surface area (Å²) in [7, 11) is -3.43. The molecule has 2 rings (SSSR count). The van der Waals surface area contributed by atoms with Gasteiger partial charge in [0.25, 0.3) is 0 Å². The summed E-state index contributed by atoms with van der Waals surface area (Å²) in [5.41, 5.74) is 6.28. The molecule has 1 heterocycles. The Hall–Kier alpha value is -0.620. The van der Waals surface area contributed by atoms with E-state index >= 15 is 0 Å². The molecule has 1 aromatic rings. The molecule has 0 bridgehead atoms. The number of nitrogens with zero attached hydrogens (tertiary/aromatic N) is 1. The minimum absolute atomic E-state index is 0.254. The zero-order valence-electron chi connectivity index (χ0n) is 11.0. The lowest BCUT2D eigenvalue weighted by Gasteiger charge is -2.30. The molecule has 0 saturated carbocycles. The maximum atomic E-state index is 12.5. The van der Waals surface area contributed by atoms with Gasteiger partial charge in [-0.1, -0.05) is 24.6 Å². The topological polar surface area (TPSA) is 63.4 Å². The van der Waals surface area contributed by atoms with E-state index in [0.717, 1.165) is 18.4 Å². The van der Waals surface area contributed by atoms with E-state index in [1.807, 2.05) is 0 Å². The van der Waals surface area contributed by atoms with Crippen LogP contribution in [0, 0.1) is 5.92 Å². The maximum Gasteiger partial charge on any atom is 0.243 e. The summed E-state index contributed by atoms with van der Waals surface area (Å²) in [6.45, 7) is 3.55. The number of rotatable bonds is 3. The van der Waals surface area contributed by atoms with Crippen molar-refractivity contribution in [3.63, 3.8) is 0 Å². The van der Waals surface area contributed by atoms with Crippen LogP contribution in [0.1, 0.15) is 25.3 Å². The van der Waals surface area contributed by atoms with Crippen LogP contribution in [0.5, 0.6) is 0 Å². The first kappa shape index (κ1) is 14.8. The van der Waals surface area contributed by atoms with Crippen molar-refractivity contribution in [1.29, 1.82) is 0 Å². The highest BCUT2D eigenvalue weighted by molar-refractivity contribution is 7.89. The van der Waals surface area contributed by atoms with Gasteiger partial charge in [-0.05, 0) is 36.5 Å². The molecule has 0 radical (unpaired) electrons. The molecule has 4 nitrogen and oxygen atoms in total. The Balaban J connectivity index is 2.31. The van der Waals surface area contributed by atoms with Crippen molar-refractivity contribution in [3.05, 3.63) is 28.8 Å². The van der Waals surface area contributed by atoms with Gasteiger partial charge in [0.2, 0.25) is 10.0 Å². The van der Waals surface area contributed by atoms with Crippen molar-refractivity contribution < 1.29 is 8.42 Å². The van der Waals surface area contributed by atoms with E-state index in [2.05, 4.69) is 6.92 Å². The second-order valence-electron chi connectivity index (χ2n) is 5.07. The van der Waals surface area contributed by atoms with Crippen LogP contribution >= 0.6 is 11.6 Å². The van der Waals surface area contributed by atoms with Gasteiger partial charge in [0.05, 0.1) is 4.90 Å². The van der Waals surface area contributed by atoms with Gasteiger partial charge in [0.15, 0.2) is 0 Å². The molecule has 106 valence electrons. The van der Waals surface area contributed by atoms with Crippen LogP contribution in [0.3, 0.4) is 0 Å². The Morgan fingerprint density at radius 3 is 2.79 bits per heavy atom. The lowest BCUT2D eigenvalue weighted by atomic mass is 10.0. The molecule has 1 saturated heterocycles. The number of piperidine rings is 1. The summed E-state index contributed by atoms with van der Waals surface area (Å²) in [6, 6.07) is 4.77. The van der Waals surface area contributed by atoms with Crippen LogP contribution in [-0.2, 0) is 16.6 Å². The predicted octanol–water partition coefficient (Wildman–Crippen LogP) is 2.22. The van der Waals surface area contributed by atoms with Crippen molar-refractivity contribution in [3.8, 4) is 0 Å². The van der Waals surface area contributed by atoms with Crippen LogP contribution in [0.4, 0.5) is 0 Å². The number of benzene rings is 1. The average Bonchev–Trinajstić information content (AvgIpc) is 2.38. The second kappa shape index (κ2) is 5.79. The zero-order valence-corrected chi connectivity index (χ0v) is 12.5. The predicted molar refractivity (Wildman–Crippen MR) is 76.5 cm³/mol. The largest absolute Gasteiger partial charge is 0.326 e. The average molecular weight is 303 g/mol. The number of hydrogen-bond donors (Lipinski definition) is 1. The normalized spacial score (nSPS) is 21.5. The smallest absolute Gasteiger partial charge is 0.243 e. The van der Waals surface area contributed by atoms with Gasteiger partial charge in [-0.15, -0.1) is 0 Å². The summed E-state index contributed by atoms with van der Waals surface area (Å²) >= 11 is 6.04. The quantitative estimate of drug-likeness (QED) is 0.931. The van der Waals surface area contributed by atoms with Crippen molar-refractivity contribution in [2.45, 2.75) is 31.2 Å². The fourth-order valence-corrected chi connectivity index (χ4v) is 4.32. The van der Waals surface area contributed by atoms with Crippen molar-refractivity contribution >= 4 is 21.6 Å². The van der Waals surface area contributed by atoms with Gasteiger partial charge >= 0.3 is 0 Å². The van der Waals surface area contributed by atoms with Crippen molar-refractivity contribution in [2.24, 2.45) is 11.7 Å². The monoisotopic (exact) mass is 302 g/mol. The lowest BCUT2D eigenvalue weighted by molar-refractivity contribution is 0.281. The molecule has 1 atom stereocenters. The molecule has 2 N–H and O–H groups in total. The first-order valence-corrected chi connectivity index (χ1v) is 8.25. The van der Waals surface area contributed by atoms with Gasteiger partial charge in [-0.25, -0.2) is 8.42 Å². The molecule has 0 spiro atoms. The van der Waals surface area contributed by atoms with Gasteiger partial charge in [0, 0.05) is 24.7 Å². The molecule has 0 aromatic heterocycles. The zero-order chi connectivity index (χ0) is 14.0. The molecular formula is C13H19ClN2O2S. The molecule has 1 aromatic carbocycles. The SMILES string of the molecule is CC1CCCN(S(=O)(=O)c2ccc(CN)c(Cl)c2)C1. The van der Waals surface area contributed by atoms with Crippen molar-refractivity contribution in [1.82, 2.24) is 4.31 Å². The highest BCUT2D eigenvalue weighted by Gasteiger charge is 2.28. The van der Waals surface area contributed by atoms with Crippen LogP contribution in [-0.4, -0.2) is 25.8 Å². The lowest BCUT2D eigenvalue weighted by Crippen LogP contribution is -2.39. The van der Waals surface area contributed by atoms with E-state index in [1.165, 1.54) is 6.07 Å². The number of halogens is 1. The van der Waals surface area contributed by atoms with E-state index in [0.29, 0.717) is 30.6 Å². The molecule has 0 amide bonds. The third-order valence-corrected chi connectivity index (χ3v) is 5.71. The van der Waals surface area contributed by atoms with Crippen LogP contribution in [0.15, 0.2) is 23.1 Å².